The van der Waals surface area contributed by atoms with Gasteiger partial charge in [0.1, 0.15) is 5.82 Å². The lowest BCUT2D eigenvalue weighted by Crippen LogP contribution is -2.48. The van der Waals surface area contributed by atoms with Crippen LogP contribution in [0.25, 0.3) is 0 Å². The number of benzene rings is 1. The van der Waals surface area contributed by atoms with Gasteiger partial charge >= 0.3 is 0 Å². The highest BCUT2D eigenvalue weighted by atomic mass is 35.5. The van der Waals surface area contributed by atoms with E-state index in [1.807, 2.05) is 6.92 Å². The summed E-state index contributed by atoms with van der Waals surface area (Å²) in [6.45, 7) is 4.69. The van der Waals surface area contributed by atoms with Gasteiger partial charge in [0.2, 0.25) is 10.0 Å². The molecular weight excluding hydrogens is 381 g/mol. The molecule has 1 aromatic carbocycles. The van der Waals surface area contributed by atoms with Crippen LogP contribution in [0, 0.1) is 11.7 Å². The lowest BCUT2D eigenvalue weighted by Gasteiger charge is -2.30. The van der Waals surface area contributed by atoms with Crippen molar-refractivity contribution in [3.8, 4) is 0 Å². The molecular formula is C17H25ClFN3O3S. The van der Waals surface area contributed by atoms with Crippen LogP contribution in [0.5, 0.6) is 0 Å². The van der Waals surface area contributed by atoms with E-state index in [0.717, 1.165) is 32.0 Å². The summed E-state index contributed by atoms with van der Waals surface area (Å²) in [5.74, 6) is -1.01. The number of hydrogen-bond donors (Lipinski definition) is 2. The van der Waals surface area contributed by atoms with Crippen LogP contribution in [0.3, 0.4) is 0 Å². The molecule has 146 valence electrons. The van der Waals surface area contributed by atoms with Crippen molar-refractivity contribution in [1.29, 1.82) is 0 Å². The molecule has 0 radical (unpaired) electrons. The highest BCUT2D eigenvalue weighted by Crippen LogP contribution is 2.20. The molecule has 2 fully saturated rings. The topological polar surface area (TPSA) is 78.5 Å². The Kier molecular flexibility index (Phi) is 7.01. The third-order valence-electron chi connectivity index (χ3n) is 4.97. The first kappa shape index (κ1) is 21.1. The second kappa shape index (κ2) is 8.65. The normalized spacial score (nSPS) is 23.5. The lowest BCUT2D eigenvalue weighted by molar-refractivity contribution is 0.0788. The minimum Gasteiger partial charge on any atom is -0.339 e. The molecule has 2 N–H and O–H groups in total. The molecule has 2 aliphatic heterocycles. The van der Waals surface area contributed by atoms with Crippen LogP contribution in [0.4, 0.5) is 4.39 Å². The highest BCUT2D eigenvalue weighted by molar-refractivity contribution is 7.89. The Balaban J connectivity index is 0.00000243. The zero-order chi connectivity index (χ0) is 18.0. The van der Waals surface area contributed by atoms with Gasteiger partial charge in [0.15, 0.2) is 0 Å². The van der Waals surface area contributed by atoms with Crippen molar-refractivity contribution < 1.29 is 17.6 Å². The number of piperidine rings is 1. The molecule has 1 aromatic rings. The Morgan fingerprint density at radius 2 is 2.00 bits per heavy atom. The van der Waals surface area contributed by atoms with Gasteiger partial charge in [-0.3, -0.25) is 4.79 Å². The standard InChI is InChI=1S/C17H24FN3O3S.ClH/c1-12-11-19-7-6-16(12)20-25(23,24)13-4-5-14(15(18)10-13)17(22)21-8-2-3-9-21;/h4-5,10,12,16,19-20H,2-3,6-9,11H2,1H3;1H. The summed E-state index contributed by atoms with van der Waals surface area (Å²) >= 11 is 0. The van der Waals surface area contributed by atoms with E-state index in [1.165, 1.54) is 12.1 Å². The molecule has 0 spiro atoms. The molecule has 2 saturated heterocycles. The maximum Gasteiger partial charge on any atom is 0.256 e. The average Bonchev–Trinajstić information content (AvgIpc) is 3.10. The number of amides is 1. The number of hydrogen-bond acceptors (Lipinski definition) is 4. The van der Waals surface area contributed by atoms with E-state index in [1.54, 1.807) is 4.90 Å². The maximum atomic E-state index is 14.4. The quantitative estimate of drug-likeness (QED) is 0.800. The summed E-state index contributed by atoms with van der Waals surface area (Å²) in [5.41, 5.74) is -0.0731. The van der Waals surface area contributed by atoms with Crippen LogP contribution in [0.15, 0.2) is 23.1 Å². The summed E-state index contributed by atoms with van der Waals surface area (Å²) in [6.07, 6.45) is 2.52. The first-order valence-electron chi connectivity index (χ1n) is 8.70. The van der Waals surface area contributed by atoms with Gasteiger partial charge in [-0.05, 0) is 56.5 Å². The summed E-state index contributed by atoms with van der Waals surface area (Å²) in [6, 6.07) is 3.34. The Hall–Kier alpha value is -1.22. The number of rotatable bonds is 4. The SMILES string of the molecule is CC1CNCCC1NS(=O)(=O)c1ccc(C(=O)N2CCCC2)c(F)c1.Cl. The molecule has 26 heavy (non-hydrogen) atoms. The van der Waals surface area contributed by atoms with E-state index in [2.05, 4.69) is 10.0 Å². The van der Waals surface area contributed by atoms with Crippen LogP contribution >= 0.6 is 12.4 Å². The van der Waals surface area contributed by atoms with Gasteiger partial charge in [-0.1, -0.05) is 6.92 Å². The molecule has 2 heterocycles. The number of halogens is 2. The molecule has 9 heteroatoms. The van der Waals surface area contributed by atoms with Gasteiger partial charge in [0.25, 0.3) is 5.91 Å². The molecule has 2 unspecified atom stereocenters. The molecule has 0 aliphatic carbocycles. The van der Waals surface area contributed by atoms with Crippen molar-refractivity contribution in [1.82, 2.24) is 14.9 Å². The minimum atomic E-state index is -3.82. The first-order chi connectivity index (χ1) is 11.9. The van der Waals surface area contributed by atoms with E-state index in [0.29, 0.717) is 19.5 Å². The minimum absolute atomic E-state index is 0. The number of carbonyl (C=O) groups is 1. The molecule has 6 nitrogen and oxygen atoms in total. The second-order valence-corrected chi connectivity index (χ2v) is 8.55. The monoisotopic (exact) mass is 405 g/mol. The Morgan fingerprint density at radius 3 is 2.62 bits per heavy atom. The van der Waals surface area contributed by atoms with E-state index in [4.69, 9.17) is 0 Å². The summed E-state index contributed by atoms with van der Waals surface area (Å²) < 4.78 is 42.1. The van der Waals surface area contributed by atoms with E-state index < -0.39 is 15.8 Å². The molecule has 0 aromatic heterocycles. The largest absolute Gasteiger partial charge is 0.339 e. The summed E-state index contributed by atoms with van der Waals surface area (Å²) in [7, 11) is -3.82. The van der Waals surface area contributed by atoms with Gasteiger partial charge in [-0.25, -0.2) is 17.5 Å². The third-order valence-corrected chi connectivity index (χ3v) is 6.45. The number of likely N-dealkylation sites (tertiary alicyclic amines) is 1. The van der Waals surface area contributed by atoms with Crippen LogP contribution in [-0.4, -0.2) is 51.4 Å². The molecule has 2 aliphatic rings. The molecule has 3 rings (SSSR count). The van der Waals surface area contributed by atoms with Gasteiger partial charge in [0.05, 0.1) is 10.5 Å². The van der Waals surface area contributed by atoms with Crippen molar-refractivity contribution in [2.24, 2.45) is 5.92 Å². The fourth-order valence-electron chi connectivity index (χ4n) is 3.38. The summed E-state index contributed by atoms with van der Waals surface area (Å²) in [4.78, 5) is 13.8. The Morgan fingerprint density at radius 1 is 1.31 bits per heavy atom. The number of carbonyl (C=O) groups excluding carboxylic acids is 1. The van der Waals surface area contributed by atoms with Crippen LogP contribution in [-0.2, 0) is 10.0 Å². The lowest BCUT2D eigenvalue weighted by atomic mass is 9.97. The molecule has 0 saturated carbocycles. The third kappa shape index (κ3) is 4.54. The number of sulfonamides is 1. The van der Waals surface area contributed by atoms with Crippen molar-refractivity contribution in [2.45, 2.75) is 37.1 Å². The highest BCUT2D eigenvalue weighted by Gasteiger charge is 2.28. The molecule has 1 amide bonds. The van der Waals surface area contributed by atoms with Crippen molar-refractivity contribution in [3.05, 3.63) is 29.6 Å². The van der Waals surface area contributed by atoms with Gasteiger partial charge in [-0.15, -0.1) is 12.4 Å². The predicted octanol–water partition coefficient (Wildman–Crippen LogP) is 1.76. The zero-order valence-corrected chi connectivity index (χ0v) is 16.3. The van der Waals surface area contributed by atoms with Crippen LogP contribution in [0.1, 0.15) is 36.5 Å². The van der Waals surface area contributed by atoms with Crippen LogP contribution < -0.4 is 10.0 Å². The molecule has 2 atom stereocenters. The zero-order valence-electron chi connectivity index (χ0n) is 14.7. The maximum absolute atomic E-state index is 14.4. The van der Waals surface area contributed by atoms with E-state index in [9.17, 15) is 17.6 Å². The Bertz CT molecular complexity index is 754. The van der Waals surface area contributed by atoms with Crippen molar-refractivity contribution in [3.63, 3.8) is 0 Å². The predicted molar refractivity (Wildman–Crippen MR) is 99.5 cm³/mol. The first-order valence-corrected chi connectivity index (χ1v) is 10.2. The fourth-order valence-corrected chi connectivity index (χ4v) is 4.77. The van der Waals surface area contributed by atoms with Gasteiger partial charge in [0, 0.05) is 19.1 Å². The van der Waals surface area contributed by atoms with Crippen molar-refractivity contribution >= 4 is 28.3 Å². The smallest absolute Gasteiger partial charge is 0.256 e. The van der Waals surface area contributed by atoms with Crippen LogP contribution in [0.2, 0.25) is 0 Å². The summed E-state index contributed by atoms with van der Waals surface area (Å²) in [5, 5.41) is 3.21. The number of nitrogens with zero attached hydrogens (tertiary/aromatic N) is 1. The number of nitrogens with one attached hydrogen (secondary N) is 2. The van der Waals surface area contributed by atoms with E-state index >= 15 is 0 Å². The van der Waals surface area contributed by atoms with E-state index in [-0.39, 0.29) is 40.7 Å². The Labute approximate surface area is 160 Å². The van der Waals surface area contributed by atoms with Gasteiger partial charge < -0.3 is 10.2 Å². The van der Waals surface area contributed by atoms with Gasteiger partial charge in [-0.2, -0.15) is 0 Å². The van der Waals surface area contributed by atoms with Crippen molar-refractivity contribution in [2.75, 3.05) is 26.2 Å². The fraction of sp³-hybridized carbons (Fsp3) is 0.588. The molecule has 0 bridgehead atoms. The average molecular weight is 406 g/mol. The second-order valence-electron chi connectivity index (χ2n) is 6.84.